The molecular formula is C68H60N5OPd-3. The monoisotopic (exact) mass is 1070 g/mol. The quantitative estimate of drug-likeness (QED) is 0.112. The minimum atomic E-state index is -0.0800. The minimum Gasteiger partial charge on any atom is -0.509 e. The van der Waals surface area contributed by atoms with Crippen molar-refractivity contribution in [2.75, 3.05) is 9.80 Å². The molecule has 0 amide bonds. The van der Waals surface area contributed by atoms with Crippen LogP contribution in [0.5, 0.6) is 11.5 Å². The molecule has 0 fully saturated rings. The van der Waals surface area contributed by atoms with E-state index >= 15 is 0 Å². The molecule has 6 nitrogen and oxygen atoms in total. The zero-order chi connectivity index (χ0) is 51.1. The number of benzene rings is 8. The van der Waals surface area contributed by atoms with Gasteiger partial charge in [0.15, 0.2) is 0 Å². The second kappa shape index (κ2) is 18.9. The summed E-state index contributed by atoms with van der Waals surface area (Å²) in [6.45, 7) is 22.5. The summed E-state index contributed by atoms with van der Waals surface area (Å²) < 4.78 is 11.5. The Kier molecular flexibility index (Phi) is 12.5. The number of nitrogens with zero attached hydrogens (tertiary/aromatic N) is 5. The SMILES string of the molecule is CC(C)(C)c1ccc(-c2cccc(-c3ccc(C(C)(C)C)cc3)c2N2[CH-]N(c3[c-]c(Oc4[c-]c5c(cc4)c4c(c6ccccc6n4-c4ccccc4)n5-c4cc(C(C)(C)C)ccn4)ccc3)c3ccccc32)cc1.[Pd]. The Morgan fingerprint density at radius 2 is 1.03 bits per heavy atom. The third kappa shape index (κ3) is 8.92. The molecule has 0 N–H and O–H groups in total. The van der Waals surface area contributed by atoms with Crippen LogP contribution in [-0.4, -0.2) is 14.1 Å². The number of aromatic nitrogens is 3. The molecule has 0 saturated carbocycles. The molecular weight excluding hydrogens is 1010 g/mol. The van der Waals surface area contributed by atoms with Gasteiger partial charge in [0.25, 0.3) is 0 Å². The Morgan fingerprint density at radius 1 is 0.467 bits per heavy atom. The van der Waals surface area contributed by atoms with Crippen molar-refractivity contribution in [1.82, 2.24) is 14.1 Å². The van der Waals surface area contributed by atoms with Gasteiger partial charge in [0.2, 0.25) is 0 Å². The third-order valence-electron chi connectivity index (χ3n) is 14.6. The van der Waals surface area contributed by atoms with Gasteiger partial charge in [0.05, 0.1) is 11.0 Å². The van der Waals surface area contributed by atoms with Crippen molar-refractivity contribution >= 4 is 55.6 Å². The van der Waals surface area contributed by atoms with Gasteiger partial charge in [-0.15, -0.1) is 42.7 Å². The van der Waals surface area contributed by atoms with E-state index in [9.17, 15) is 0 Å². The molecule has 0 spiro atoms. The fourth-order valence-corrected chi connectivity index (χ4v) is 10.6. The Labute approximate surface area is 455 Å². The zero-order valence-corrected chi connectivity index (χ0v) is 45.6. The van der Waals surface area contributed by atoms with Gasteiger partial charge in [-0.25, -0.2) is 4.98 Å². The molecule has 12 rings (SSSR count). The van der Waals surface area contributed by atoms with E-state index in [4.69, 9.17) is 9.72 Å². The van der Waals surface area contributed by atoms with E-state index in [1.54, 1.807) is 0 Å². The molecule has 0 unspecified atom stereocenters. The van der Waals surface area contributed by atoms with Crippen LogP contribution in [0.2, 0.25) is 0 Å². The van der Waals surface area contributed by atoms with Crippen LogP contribution >= 0.6 is 0 Å². The topological polar surface area (TPSA) is 38.5 Å². The normalized spacial score (nSPS) is 12.9. The van der Waals surface area contributed by atoms with Crippen LogP contribution in [0.1, 0.15) is 79.0 Å². The zero-order valence-electron chi connectivity index (χ0n) is 44.0. The number of hydrogen-bond acceptors (Lipinski definition) is 4. The van der Waals surface area contributed by atoms with Gasteiger partial charge in [-0.3, -0.25) is 0 Å². The molecule has 0 bridgehead atoms. The summed E-state index contributed by atoms with van der Waals surface area (Å²) in [5, 5.41) is 2.18. The average Bonchev–Trinajstić information content (AvgIpc) is 4.10. The van der Waals surface area contributed by atoms with E-state index in [2.05, 4.69) is 270 Å². The van der Waals surface area contributed by atoms with E-state index in [1.807, 2.05) is 24.4 Å². The standard InChI is InChI=1S/C68H60N5O.Pd/c1-66(2,3)47-33-29-45(30-34-47)54-24-18-25-55(46-31-35-48(36-32-46)67(4,5)6)63(54)71-44-70(59-27-15-16-28-60(59)71)51-21-17-22-52(42-51)74-53-37-38-57-61(43-53)73(62-41-49(39-40-69-62)68(7,8)9)65-56-23-13-14-26-58(56)72(64(57)65)50-19-11-10-12-20-50;/h10-41,44H,1-9H3;/q-3;. The van der Waals surface area contributed by atoms with Gasteiger partial charge in [-0.05, 0) is 86.5 Å². The van der Waals surface area contributed by atoms with Crippen molar-refractivity contribution in [3.63, 3.8) is 0 Å². The molecule has 376 valence electrons. The maximum atomic E-state index is 6.84. The maximum Gasteiger partial charge on any atom is 0.135 e. The molecule has 0 aliphatic carbocycles. The fraction of sp³-hybridized carbons (Fsp3) is 0.176. The summed E-state index contributed by atoms with van der Waals surface area (Å²) >= 11 is 0. The molecule has 11 aromatic rings. The van der Waals surface area contributed by atoms with Crippen LogP contribution in [0.3, 0.4) is 0 Å². The summed E-state index contributed by atoms with van der Waals surface area (Å²) in [6, 6.07) is 74.8. The van der Waals surface area contributed by atoms with E-state index in [-0.39, 0.29) is 36.7 Å². The summed E-state index contributed by atoms with van der Waals surface area (Å²) in [5.41, 5.74) is 17.7. The Bertz CT molecular complexity index is 3830. The summed E-state index contributed by atoms with van der Waals surface area (Å²) in [5.74, 6) is 1.99. The molecule has 1 aliphatic rings. The van der Waals surface area contributed by atoms with Crippen LogP contribution in [0.4, 0.5) is 22.7 Å². The van der Waals surface area contributed by atoms with Crippen molar-refractivity contribution in [1.29, 1.82) is 0 Å². The number of rotatable bonds is 8. The smallest absolute Gasteiger partial charge is 0.135 e. The molecule has 4 heterocycles. The van der Waals surface area contributed by atoms with Gasteiger partial charge < -0.3 is 23.7 Å². The molecule has 0 atom stereocenters. The predicted molar refractivity (Wildman–Crippen MR) is 308 cm³/mol. The predicted octanol–water partition coefficient (Wildman–Crippen LogP) is 18.1. The number of para-hydroxylation sites is 5. The molecule has 75 heavy (non-hydrogen) atoms. The van der Waals surface area contributed by atoms with Crippen LogP contribution in [0.15, 0.2) is 194 Å². The number of pyridine rings is 1. The van der Waals surface area contributed by atoms with E-state index in [1.165, 1.54) is 16.7 Å². The van der Waals surface area contributed by atoms with Gasteiger partial charge in [0.1, 0.15) is 5.82 Å². The number of hydrogen-bond donors (Lipinski definition) is 0. The maximum absolute atomic E-state index is 6.84. The molecule has 1 aliphatic heterocycles. The molecule has 8 aromatic carbocycles. The largest absolute Gasteiger partial charge is 0.509 e. The first kappa shape index (κ1) is 49.5. The van der Waals surface area contributed by atoms with E-state index in [0.717, 1.165) is 89.3 Å². The first-order valence-electron chi connectivity index (χ1n) is 25.7. The summed E-state index contributed by atoms with van der Waals surface area (Å²) in [4.78, 5) is 9.62. The second-order valence-corrected chi connectivity index (χ2v) is 22.7. The van der Waals surface area contributed by atoms with Gasteiger partial charge in [0, 0.05) is 82.9 Å². The molecule has 0 saturated heterocycles. The first-order valence-corrected chi connectivity index (χ1v) is 25.7. The Morgan fingerprint density at radius 3 is 1.67 bits per heavy atom. The van der Waals surface area contributed by atoms with Crippen molar-refractivity contribution < 1.29 is 25.2 Å². The van der Waals surface area contributed by atoms with Crippen LogP contribution in [-0.2, 0) is 36.7 Å². The number of ether oxygens (including phenoxy) is 1. The fourth-order valence-electron chi connectivity index (χ4n) is 10.6. The average molecular weight is 1070 g/mol. The Balaban J connectivity index is 0.00000602. The van der Waals surface area contributed by atoms with Gasteiger partial charge in [-0.1, -0.05) is 188 Å². The molecule has 3 aromatic heterocycles. The van der Waals surface area contributed by atoms with Crippen LogP contribution < -0.4 is 14.5 Å². The van der Waals surface area contributed by atoms with Crippen molar-refractivity contribution in [2.24, 2.45) is 0 Å². The first-order chi connectivity index (χ1) is 35.6. The number of anilines is 4. The molecule has 0 radical (unpaired) electrons. The van der Waals surface area contributed by atoms with Crippen LogP contribution in [0.25, 0.3) is 66.6 Å². The minimum absolute atomic E-state index is 0. The second-order valence-electron chi connectivity index (χ2n) is 22.7. The number of fused-ring (bicyclic) bond motifs is 6. The Hall–Kier alpha value is -7.69. The third-order valence-corrected chi connectivity index (χ3v) is 14.6. The van der Waals surface area contributed by atoms with Gasteiger partial charge in [-0.2, -0.15) is 12.1 Å². The van der Waals surface area contributed by atoms with E-state index in [0.29, 0.717) is 11.5 Å². The summed E-state index contributed by atoms with van der Waals surface area (Å²) in [7, 11) is 0. The van der Waals surface area contributed by atoms with E-state index < -0.39 is 0 Å². The summed E-state index contributed by atoms with van der Waals surface area (Å²) in [6.07, 6.45) is 1.92. The van der Waals surface area contributed by atoms with Crippen LogP contribution in [0, 0.1) is 18.8 Å². The van der Waals surface area contributed by atoms with Gasteiger partial charge >= 0.3 is 0 Å². The van der Waals surface area contributed by atoms with Crippen molar-refractivity contribution in [2.45, 2.75) is 78.6 Å². The van der Waals surface area contributed by atoms with Crippen molar-refractivity contribution in [3.8, 4) is 45.3 Å². The van der Waals surface area contributed by atoms with Crippen molar-refractivity contribution in [3.05, 3.63) is 230 Å². The molecule has 7 heteroatoms.